The zero-order valence-electron chi connectivity index (χ0n) is 10.3. The maximum Gasteiger partial charge on any atom is 0.145 e. The van der Waals surface area contributed by atoms with Gasteiger partial charge in [0, 0.05) is 23.3 Å². The van der Waals surface area contributed by atoms with Crippen LogP contribution in [0.1, 0.15) is 43.4 Å². The fraction of sp³-hybridized carbons (Fsp3) is 0.643. The Hall–Kier alpha value is -0.670. The van der Waals surface area contributed by atoms with Crippen molar-refractivity contribution in [3.8, 4) is 0 Å². The summed E-state index contributed by atoms with van der Waals surface area (Å²) in [5, 5.41) is 2.03. The van der Waals surface area contributed by atoms with Crippen molar-refractivity contribution in [1.29, 1.82) is 0 Å². The van der Waals surface area contributed by atoms with Gasteiger partial charge in [0.15, 0.2) is 0 Å². The van der Waals surface area contributed by atoms with Gasteiger partial charge >= 0.3 is 0 Å². The van der Waals surface area contributed by atoms with E-state index >= 15 is 0 Å². The van der Waals surface area contributed by atoms with Crippen molar-refractivity contribution in [1.82, 2.24) is 0 Å². The first-order chi connectivity index (χ1) is 8.27. The predicted octanol–water partition coefficient (Wildman–Crippen LogP) is 3.16. The van der Waals surface area contributed by atoms with E-state index in [1.807, 2.05) is 17.5 Å². The van der Waals surface area contributed by atoms with Crippen LogP contribution in [-0.2, 0) is 11.2 Å². The highest BCUT2D eigenvalue weighted by Crippen LogP contribution is 2.36. The number of hydrogen-bond acceptors (Lipinski definition) is 3. The van der Waals surface area contributed by atoms with Crippen LogP contribution in [0.5, 0.6) is 0 Å². The number of nitrogens with two attached hydrogens (primary N) is 1. The van der Waals surface area contributed by atoms with E-state index in [9.17, 15) is 4.79 Å². The number of rotatable bonds is 4. The maximum absolute atomic E-state index is 12.5. The lowest BCUT2D eigenvalue weighted by Crippen LogP contribution is -2.39. The molecular weight excluding hydrogens is 230 g/mol. The number of hydrogen-bond donors (Lipinski definition) is 1. The average molecular weight is 251 g/mol. The van der Waals surface area contributed by atoms with Crippen molar-refractivity contribution >= 4 is 17.1 Å². The molecule has 0 spiro atoms. The molecule has 1 aromatic rings. The summed E-state index contributed by atoms with van der Waals surface area (Å²) in [5.41, 5.74) is 5.70. The smallest absolute Gasteiger partial charge is 0.145 e. The third-order valence-electron chi connectivity index (χ3n) is 3.96. The van der Waals surface area contributed by atoms with Crippen molar-refractivity contribution in [2.45, 2.75) is 44.9 Å². The fourth-order valence-corrected chi connectivity index (χ4v) is 3.46. The highest BCUT2D eigenvalue weighted by atomic mass is 32.1. The first-order valence-electron chi connectivity index (χ1n) is 6.53. The topological polar surface area (TPSA) is 43.1 Å². The molecule has 1 aliphatic rings. The molecule has 94 valence electrons. The molecule has 0 aromatic carbocycles. The van der Waals surface area contributed by atoms with Crippen LogP contribution >= 0.6 is 11.3 Å². The lowest BCUT2D eigenvalue weighted by molar-refractivity contribution is -0.128. The molecule has 0 aliphatic heterocycles. The van der Waals surface area contributed by atoms with Gasteiger partial charge in [-0.2, -0.15) is 0 Å². The molecule has 0 saturated heterocycles. The molecule has 0 radical (unpaired) electrons. The minimum atomic E-state index is -0.222. The fourth-order valence-electron chi connectivity index (χ4n) is 2.76. The molecule has 2 rings (SSSR count). The Labute approximate surface area is 107 Å². The van der Waals surface area contributed by atoms with Gasteiger partial charge in [-0.25, -0.2) is 0 Å². The van der Waals surface area contributed by atoms with E-state index in [2.05, 4.69) is 0 Å². The summed E-state index contributed by atoms with van der Waals surface area (Å²) in [5.74, 6) is 0.365. The van der Waals surface area contributed by atoms with Crippen LogP contribution in [0.3, 0.4) is 0 Å². The quantitative estimate of drug-likeness (QED) is 0.835. The van der Waals surface area contributed by atoms with E-state index in [4.69, 9.17) is 5.73 Å². The highest BCUT2D eigenvalue weighted by Gasteiger charge is 2.36. The molecule has 1 aromatic heterocycles. The monoisotopic (exact) mass is 251 g/mol. The predicted molar refractivity (Wildman–Crippen MR) is 72.2 cm³/mol. The van der Waals surface area contributed by atoms with Crippen LogP contribution in [0, 0.1) is 5.41 Å². The van der Waals surface area contributed by atoms with Crippen LogP contribution < -0.4 is 5.73 Å². The molecule has 1 fully saturated rings. The van der Waals surface area contributed by atoms with Gasteiger partial charge in [0.05, 0.1) is 0 Å². The molecule has 0 amide bonds. The Morgan fingerprint density at radius 1 is 1.29 bits per heavy atom. The Morgan fingerprint density at radius 3 is 2.53 bits per heavy atom. The summed E-state index contributed by atoms with van der Waals surface area (Å²) < 4.78 is 0. The Balaban J connectivity index is 2.07. The summed E-state index contributed by atoms with van der Waals surface area (Å²) in [6.07, 6.45) is 7.40. The largest absolute Gasteiger partial charge is 0.329 e. The first-order valence-corrected chi connectivity index (χ1v) is 7.40. The van der Waals surface area contributed by atoms with E-state index in [1.54, 1.807) is 11.3 Å². The van der Waals surface area contributed by atoms with Gasteiger partial charge in [-0.3, -0.25) is 4.79 Å². The molecule has 1 aliphatic carbocycles. The van der Waals surface area contributed by atoms with Crippen LogP contribution in [-0.4, -0.2) is 12.3 Å². The van der Waals surface area contributed by atoms with Gasteiger partial charge in [0.1, 0.15) is 5.78 Å². The zero-order chi connectivity index (χ0) is 12.1. The maximum atomic E-state index is 12.5. The van der Waals surface area contributed by atoms with Gasteiger partial charge < -0.3 is 5.73 Å². The van der Waals surface area contributed by atoms with E-state index in [0.717, 1.165) is 25.7 Å². The lowest BCUT2D eigenvalue weighted by atomic mass is 9.75. The van der Waals surface area contributed by atoms with E-state index in [0.29, 0.717) is 18.7 Å². The van der Waals surface area contributed by atoms with Crippen molar-refractivity contribution in [2.24, 2.45) is 11.1 Å². The molecule has 0 atom stereocenters. The Morgan fingerprint density at radius 2 is 2.00 bits per heavy atom. The molecule has 2 nitrogen and oxygen atoms in total. The summed E-state index contributed by atoms with van der Waals surface area (Å²) >= 11 is 1.67. The summed E-state index contributed by atoms with van der Waals surface area (Å²) in [6.45, 7) is 0.525. The van der Waals surface area contributed by atoms with Gasteiger partial charge in [0.25, 0.3) is 0 Å². The third-order valence-corrected chi connectivity index (χ3v) is 4.83. The molecule has 1 heterocycles. The van der Waals surface area contributed by atoms with E-state index in [-0.39, 0.29) is 5.41 Å². The normalized spacial score (nSPS) is 19.8. The molecule has 3 heteroatoms. The highest BCUT2D eigenvalue weighted by molar-refractivity contribution is 7.10. The second-order valence-electron chi connectivity index (χ2n) is 5.08. The van der Waals surface area contributed by atoms with Gasteiger partial charge in [0.2, 0.25) is 0 Å². The standard InChI is InChI=1S/C14H21NOS/c15-11-14(7-3-1-2-4-8-14)13(16)10-12-6-5-9-17-12/h5-6,9H,1-4,7-8,10-11,15H2. The van der Waals surface area contributed by atoms with E-state index in [1.165, 1.54) is 17.7 Å². The van der Waals surface area contributed by atoms with Crippen molar-refractivity contribution in [3.63, 3.8) is 0 Å². The number of carbonyl (C=O) groups excluding carboxylic acids is 1. The summed E-state index contributed by atoms with van der Waals surface area (Å²) in [7, 11) is 0. The van der Waals surface area contributed by atoms with Crippen LogP contribution in [0.2, 0.25) is 0 Å². The summed E-state index contributed by atoms with van der Waals surface area (Å²) in [4.78, 5) is 13.7. The first kappa shape index (κ1) is 12.8. The van der Waals surface area contributed by atoms with Gasteiger partial charge in [-0.15, -0.1) is 11.3 Å². The molecular formula is C14H21NOS. The SMILES string of the molecule is NCC1(C(=O)Cc2cccs2)CCCCCC1. The number of thiophene rings is 1. The summed E-state index contributed by atoms with van der Waals surface area (Å²) in [6, 6.07) is 4.05. The Bertz CT molecular complexity index is 350. The average Bonchev–Trinajstić information content (AvgIpc) is 2.72. The number of carbonyl (C=O) groups is 1. The molecule has 2 N–H and O–H groups in total. The molecule has 0 unspecified atom stereocenters. The van der Waals surface area contributed by atoms with E-state index < -0.39 is 0 Å². The third kappa shape index (κ3) is 2.96. The Kier molecular flexibility index (Phi) is 4.35. The minimum Gasteiger partial charge on any atom is -0.329 e. The molecule has 1 saturated carbocycles. The van der Waals surface area contributed by atoms with Crippen LogP contribution in [0.4, 0.5) is 0 Å². The zero-order valence-corrected chi connectivity index (χ0v) is 11.1. The second-order valence-corrected chi connectivity index (χ2v) is 6.11. The lowest BCUT2D eigenvalue weighted by Gasteiger charge is -2.29. The number of Topliss-reactive ketones (excluding diaryl/α,β-unsaturated/α-hetero) is 1. The van der Waals surface area contributed by atoms with Crippen molar-refractivity contribution in [3.05, 3.63) is 22.4 Å². The minimum absolute atomic E-state index is 0.222. The number of ketones is 1. The van der Waals surface area contributed by atoms with Crippen molar-refractivity contribution in [2.75, 3.05) is 6.54 Å². The molecule has 0 bridgehead atoms. The van der Waals surface area contributed by atoms with Crippen LogP contribution in [0.25, 0.3) is 0 Å². The van der Waals surface area contributed by atoms with Gasteiger partial charge in [-0.1, -0.05) is 31.7 Å². The van der Waals surface area contributed by atoms with Gasteiger partial charge in [-0.05, 0) is 24.3 Å². The van der Waals surface area contributed by atoms with Crippen molar-refractivity contribution < 1.29 is 4.79 Å². The second kappa shape index (κ2) is 5.78. The van der Waals surface area contributed by atoms with Crippen LogP contribution in [0.15, 0.2) is 17.5 Å². The molecule has 17 heavy (non-hydrogen) atoms.